The molecular formula is C15H24N2O. The van der Waals surface area contributed by atoms with Crippen molar-refractivity contribution in [3.8, 4) is 0 Å². The third-order valence-electron chi connectivity index (χ3n) is 4.16. The van der Waals surface area contributed by atoms with Crippen molar-refractivity contribution in [2.75, 3.05) is 13.2 Å². The Morgan fingerprint density at radius 3 is 2.78 bits per heavy atom. The molecule has 0 aromatic carbocycles. The molecule has 2 rings (SSSR count). The first kappa shape index (κ1) is 13.5. The Bertz CT molecular complexity index is 364. The van der Waals surface area contributed by atoms with E-state index >= 15 is 0 Å². The van der Waals surface area contributed by atoms with E-state index in [4.69, 9.17) is 5.11 Å². The van der Waals surface area contributed by atoms with E-state index in [1.165, 1.54) is 18.4 Å². The topological polar surface area (TPSA) is 36.4 Å². The lowest BCUT2D eigenvalue weighted by molar-refractivity contribution is 0.0305. The van der Waals surface area contributed by atoms with Crippen LogP contribution in [-0.2, 0) is 6.54 Å². The third kappa shape index (κ3) is 3.30. The van der Waals surface area contributed by atoms with Crippen molar-refractivity contribution in [1.29, 1.82) is 0 Å². The van der Waals surface area contributed by atoms with Gasteiger partial charge in [-0.25, -0.2) is 0 Å². The highest BCUT2D eigenvalue weighted by Crippen LogP contribution is 2.32. The molecule has 1 atom stereocenters. The summed E-state index contributed by atoms with van der Waals surface area (Å²) in [6.45, 7) is 7.04. The fraction of sp³-hybridized carbons (Fsp3) is 0.667. The van der Waals surface area contributed by atoms with Gasteiger partial charge in [0.1, 0.15) is 0 Å². The van der Waals surface area contributed by atoms with E-state index in [9.17, 15) is 0 Å². The second-order valence-electron chi connectivity index (χ2n) is 5.97. The van der Waals surface area contributed by atoms with Gasteiger partial charge in [-0.15, -0.1) is 0 Å². The van der Waals surface area contributed by atoms with Crippen LogP contribution in [0.1, 0.15) is 38.7 Å². The van der Waals surface area contributed by atoms with E-state index in [1.807, 2.05) is 12.4 Å². The summed E-state index contributed by atoms with van der Waals surface area (Å²) in [5.41, 5.74) is 1.58. The van der Waals surface area contributed by atoms with Crippen molar-refractivity contribution in [2.45, 2.75) is 45.2 Å². The van der Waals surface area contributed by atoms with Crippen LogP contribution in [0.25, 0.3) is 0 Å². The first-order valence-corrected chi connectivity index (χ1v) is 6.86. The molecular weight excluding hydrogens is 224 g/mol. The molecule has 1 N–H and O–H groups in total. The van der Waals surface area contributed by atoms with Crippen LogP contribution in [0, 0.1) is 5.92 Å². The van der Waals surface area contributed by atoms with Gasteiger partial charge in [-0.05, 0) is 56.7 Å². The highest BCUT2D eigenvalue weighted by Gasteiger charge is 2.33. The van der Waals surface area contributed by atoms with Crippen molar-refractivity contribution < 1.29 is 5.11 Å². The van der Waals surface area contributed by atoms with E-state index in [1.54, 1.807) is 0 Å². The summed E-state index contributed by atoms with van der Waals surface area (Å²) in [4.78, 5) is 6.62. The molecule has 2 heterocycles. The fourth-order valence-corrected chi connectivity index (χ4v) is 2.77. The van der Waals surface area contributed by atoms with Crippen LogP contribution in [0.5, 0.6) is 0 Å². The number of likely N-dealkylation sites (tertiary alicyclic amines) is 1. The molecule has 1 fully saturated rings. The molecule has 0 bridgehead atoms. The smallest absolute Gasteiger partial charge is 0.0434 e. The molecule has 1 unspecified atom stereocenters. The molecule has 1 aromatic rings. The number of piperidine rings is 1. The van der Waals surface area contributed by atoms with Gasteiger partial charge in [0.2, 0.25) is 0 Å². The Hall–Kier alpha value is -0.930. The van der Waals surface area contributed by atoms with Gasteiger partial charge >= 0.3 is 0 Å². The third-order valence-corrected chi connectivity index (χ3v) is 4.16. The predicted molar refractivity (Wildman–Crippen MR) is 73.2 cm³/mol. The van der Waals surface area contributed by atoms with Crippen molar-refractivity contribution in [2.24, 2.45) is 5.92 Å². The average molecular weight is 248 g/mol. The number of aromatic nitrogens is 1. The Kier molecular flexibility index (Phi) is 4.36. The zero-order chi connectivity index (χ0) is 13.0. The Morgan fingerprint density at radius 2 is 2.11 bits per heavy atom. The number of hydrogen-bond acceptors (Lipinski definition) is 3. The minimum atomic E-state index is 0.259. The van der Waals surface area contributed by atoms with Crippen molar-refractivity contribution >= 4 is 0 Å². The molecule has 0 aliphatic carbocycles. The van der Waals surface area contributed by atoms with Gasteiger partial charge in [-0.3, -0.25) is 9.88 Å². The maximum atomic E-state index is 9.10. The molecule has 0 radical (unpaired) electrons. The van der Waals surface area contributed by atoms with Crippen LogP contribution in [0.2, 0.25) is 0 Å². The Morgan fingerprint density at radius 1 is 1.39 bits per heavy atom. The molecule has 1 aromatic heterocycles. The molecule has 1 aliphatic rings. The summed E-state index contributed by atoms with van der Waals surface area (Å²) < 4.78 is 0. The van der Waals surface area contributed by atoms with Gasteiger partial charge < -0.3 is 5.11 Å². The van der Waals surface area contributed by atoms with E-state index < -0.39 is 0 Å². The molecule has 0 spiro atoms. The quantitative estimate of drug-likeness (QED) is 0.889. The van der Waals surface area contributed by atoms with Crippen molar-refractivity contribution in [1.82, 2.24) is 9.88 Å². The standard InChI is InChI=1S/C15H24N2O/c1-15(2)7-3-13(6-10-18)11-17(15)12-14-4-8-16-9-5-14/h4-5,8-9,13,18H,3,6-7,10-12H2,1-2H3. The number of hydrogen-bond donors (Lipinski definition) is 1. The monoisotopic (exact) mass is 248 g/mol. The molecule has 0 saturated carbocycles. The second-order valence-corrected chi connectivity index (χ2v) is 5.97. The van der Waals surface area contributed by atoms with E-state index in [-0.39, 0.29) is 5.54 Å². The Balaban J connectivity index is 2.03. The number of nitrogens with zero attached hydrogens (tertiary/aromatic N) is 2. The van der Waals surface area contributed by atoms with Gasteiger partial charge in [0.25, 0.3) is 0 Å². The largest absolute Gasteiger partial charge is 0.396 e. The normalized spacial score (nSPS) is 24.1. The molecule has 1 saturated heterocycles. The Labute approximate surface area is 110 Å². The minimum absolute atomic E-state index is 0.259. The summed E-state index contributed by atoms with van der Waals surface area (Å²) in [7, 11) is 0. The number of pyridine rings is 1. The zero-order valence-electron chi connectivity index (χ0n) is 11.5. The summed E-state index contributed by atoms with van der Waals surface area (Å²) in [6, 6.07) is 4.18. The highest BCUT2D eigenvalue weighted by atomic mass is 16.3. The second kappa shape index (κ2) is 5.81. The molecule has 1 aliphatic heterocycles. The van der Waals surface area contributed by atoms with Gasteiger partial charge in [0, 0.05) is 37.6 Å². The first-order valence-electron chi connectivity index (χ1n) is 6.86. The molecule has 0 amide bonds. The van der Waals surface area contributed by atoms with Crippen molar-refractivity contribution in [3.05, 3.63) is 30.1 Å². The lowest BCUT2D eigenvalue weighted by Gasteiger charge is -2.45. The van der Waals surface area contributed by atoms with Crippen LogP contribution in [-0.4, -0.2) is 33.7 Å². The predicted octanol–water partition coefficient (Wildman–Crippen LogP) is 2.45. The maximum Gasteiger partial charge on any atom is 0.0434 e. The molecule has 3 nitrogen and oxygen atoms in total. The highest BCUT2D eigenvalue weighted by molar-refractivity contribution is 5.10. The molecule has 3 heteroatoms. The van der Waals surface area contributed by atoms with Crippen LogP contribution >= 0.6 is 0 Å². The fourth-order valence-electron chi connectivity index (χ4n) is 2.77. The number of aliphatic hydroxyl groups excluding tert-OH is 1. The minimum Gasteiger partial charge on any atom is -0.396 e. The van der Waals surface area contributed by atoms with E-state index in [2.05, 4.69) is 35.9 Å². The number of rotatable bonds is 4. The van der Waals surface area contributed by atoms with E-state index in [0.717, 1.165) is 19.5 Å². The van der Waals surface area contributed by atoms with Crippen LogP contribution in [0.4, 0.5) is 0 Å². The summed E-state index contributed by atoms with van der Waals surface area (Å²) in [5.74, 6) is 0.643. The molecule has 100 valence electrons. The van der Waals surface area contributed by atoms with Gasteiger partial charge in [0.05, 0.1) is 0 Å². The molecule has 18 heavy (non-hydrogen) atoms. The van der Waals surface area contributed by atoms with Gasteiger partial charge in [0.15, 0.2) is 0 Å². The lowest BCUT2D eigenvalue weighted by atomic mass is 9.83. The van der Waals surface area contributed by atoms with Crippen LogP contribution in [0.3, 0.4) is 0 Å². The average Bonchev–Trinajstić information content (AvgIpc) is 2.35. The first-order chi connectivity index (χ1) is 8.62. The lowest BCUT2D eigenvalue weighted by Crippen LogP contribution is -2.49. The van der Waals surface area contributed by atoms with Crippen molar-refractivity contribution in [3.63, 3.8) is 0 Å². The van der Waals surface area contributed by atoms with Gasteiger partial charge in [-0.1, -0.05) is 0 Å². The van der Waals surface area contributed by atoms with E-state index in [0.29, 0.717) is 12.5 Å². The number of aliphatic hydroxyl groups is 1. The zero-order valence-corrected chi connectivity index (χ0v) is 11.5. The summed E-state index contributed by atoms with van der Waals surface area (Å²) in [6.07, 6.45) is 7.10. The van der Waals surface area contributed by atoms with Gasteiger partial charge in [-0.2, -0.15) is 0 Å². The van der Waals surface area contributed by atoms with Crippen LogP contribution < -0.4 is 0 Å². The maximum absolute atomic E-state index is 9.10. The summed E-state index contributed by atoms with van der Waals surface area (Å²) in [5, 5.41) is 9.10. The summed E-state index contributed by atoms with van der Waals surface area (Å²) >= 11 is 0. The SMILES string of the molecule is CC1(C)CCC(CCO)CN1Cc1ccncc1. The van der Waals surface area contributed by atoms with Crippen LogP contribution in [0.15, 0.2) is 24.5 Å².